The molecule has 3 heterocycles. The molecule has 9 nitrogen and oxygen atoms in total. The maximum atomic E-state index is 12.0. The van der Waals surface area contributed by atoms with Gasteiger partial charge in [-0.15, -0.1) is 0 Å². The van der Waals surface area contributed by atoms with Gasteiger partial charge in [-0.05, 0) is 19.1 Å². The first-order valence-electron chi connectivity index (χ1n) is 7.25. The molecule has 9 heteroatoms. The highest BCUT2D eigenvalue weighted by atomic mass is 16.5. The third kappa shape index (κ3) is 3.46. The summed E-state index contributed by atoms with van der Waals surface area (Å²) in [6.45, 7) is 2.62. The van der Waals surface area contributed by atoms with E-state index in [0.29, 0.717) is 36.4 Å². The molecule has 3 aromatic rings. The maximum absolute atomic E-state index is 12.0. The Balaban J connectivity index is 1.79. The van der Waals surface area contributed by atoms with Gasteiger partial charge in [0.1, 0.15) is 17.8 Å². The smallest absolute Gasteiger partial charge is 0.271 e. The van der Waals surface area contributed by atoms with Crippen molar-refractivity contribution in [2.24, 2.45) is 0 Å². The number of hydrogen-bond acceptors (Lipinski definition) is 7. The largest absolute Gasteiger partial charge is 0.383 e. The van der Waals surface area contributed by atoms with Gasteiger partial charge in [-0.1, -0.05) is 5.16 Å². The molecule has 0 fully saturated rings. The average molecular weight is 328 g/mol. The lowest BCUT2D eigenvalue weighted by Gasteiger charge is -2.02. The molecule has 0 bridgehead atoms. The summed E-state index contributed by atoms with van der Waals surface area (Å²) in [6, 6.07) is 3.55. The van der Waals surface area contributed by atoms with Crippen molar-refractivity contribution in [3.05, 3.63) is 42.4 Å². The number of hydrogen-bond donors (Lipinski definition) is 1. The van der Waals surface area contributed by atoms with E-state index in [-0.39, 0.29) is 5.91 Å². The van der Waals surface area contributed by atoms with E-state index in [4.69, 9.17) is 9.26 Å². The highest BCUT2D eigenvalue weighted by Crippen LogP contribution is 2.19. The van der Waals surface area contributed by atoms with Gasteiger partial charge in [0.2, 0.25) is 0 Å². The lowest BCUT2D eigenvalue weighted by Crippen LogP contribution is -2.27. The minimum absolute atomic E-state index is 0.269. The van der Waals surface area contributed by atoms with Gasteiger partial charge >= 0.3 is 0 Å². The van der Waals surface area contributed by atoms with Gasteiger partial charge in [-0.25, -0.2) is 9.97 Å². The Labute approximate surface area is 137 Å². The molecule has 0 spiro atoms. The second-order valence-electron chi connectivity index (χ2n) is 4.96. The van der Waals surface area contributed by atoms with Gasteiger partial charge < -0.3 is 14.6 Å². The molecular formula is C15H16N6O3. The van der Waals surface area contributed by atoms with Gasteiger partial charge in [0.25, 0.3) is 11.8 Å². The zero-order chi connectivity index (χ0) is 16.9. The van der Waals surface area contributed by atoms with E-state index in [1.54, 1.807) is 43.1 Å². The van der Waals surface area contributed by atoms with Crippen LogP contribution in [0.3, 0.4) is 0 Å². The summed E-state index contributed by atoms with van der Waals surface area (Å²) in [5, 5.41) is 6.48. The summed E-state index contributed by atoms with van der Waals surface area (Å²) in [4.78, 5) is 24.5. The van der Waals surface area contributed by atoms with Gasteiger partial charge in [0, 0.05) is 31.6 Å². The first-order valence-corrected chi connectivity index (χ1v) is 7.25. The molecule has 1 N–H and O–H groups in total. The standard InChI is InChI=1S/C15H16N6O3/c1-10-19-15(24-20-10)11-3-4-16-13(7-11)21-8-12(18-9-21)14(22)17-5-6-23-2/h3-4,7-9H,5-6H2,1-2H3,(H,17,22). The number of carbonyl (C=O) groups is 1. The van der Waals surface area contributed by atoms with Crippen LogP contribution in [0.4, 0.5) is 0 Å². The Morgan fingerprint density at radius 2 is 2.29 bits per heavy atom. The Kier molecular flexibility index (Phi) is 4.62. The number of pyridine rings is 1. The number of amides is 1. The molecule has 24 heavy (non-hydrogen) atoms. The molecule has 0 aliphatic heterocycles. The zero-order valence-corrected chi connectivity index (χ0v) is 13.3. The number of nitrogens with zero attached hydrogens (tertiary/aromatic N) is 5. The minimum Gasteiger partial charge on any atom is -0.383 e. The molecular weight excluding hydrogens is 312 g/mol. The Hall–Kier alpha value is -3.07. The summed E-state index contributed by atoms with van der Waals surface area (Å²) >= 11 is 0. The minimum atomic E-state index is -0.269. The Morgan fingerprint density at radius 1 is 1.42 bits per heavy atom. The van der Waals surface area contributed by atoms with Gasteiger partial charge in [-0.3, -0.25) is 9.36 Å². The number of carbonyl (C=O) groups excluding carboxylic acids is 1. The molecule has 3 aromatic heterocycles. The monoisotopic (exact) mass is 328 g/mol. The van der Waals surface area contributed by atoms with Crippen molar-refractivity contribution >= 4 is 5.91 Å². The quantitative estimate of drug-likeness (QED) is 0.672. The Morgan fingerprint density at radius 3 is 3.04 bits per heavy atom. The molecule has 0 atom stereocenters. The fourth-order valence-corrected chi connectivity index (χ4v) is 2.03. The molecule has 0 aromatic carbocycles. The van der Waals surface area contributed by atoms with Crippen LogP contribution in [0.2, 0.25) is 0 Å². The fourth-order valence-electron chi connectivity index (χ4n) is 2.03. The highest BCUT2D eigenvalue weighted by molar-refractivity contribution is 5.92. The molecule has 1 amide bonds. The molecule has 0 unspecified atom stereocenters. The molecule has 0 aliphatic rings. The van der Waals surface area contributed by atoms with Crippen LogP contribution < -0.4 is 5.32 Å². The van der Waals surface area contributed by atoms with E-state index < -0.39 is 0 Å². The molecule has 0 radical (unpaired) electrons. The van der Waals surface area contributed by atoms with E-state index in [1.165, 1.54) is 6.33 Å². The fraction of sp³-hybridized carbons (Fsp3) is 0.267. The van der Waals surface area contributed by atoms with Gasteiger partial charge in [0.15, 0.2) is 5.82 Å². The van der Waals surface area contributed by atoms with Crippen molar-refractivity contribution in [1.82, 2.24) is 30.0 Å². The summed E-state index contributed by atoms with van der Waals surface area (Å²) in [5.41, 5.74) is 1.03. The van der Waals surface area contributed by atoms with Crippen LogP contribution in [-0.2, 0) is 4.74 Å². The zero-order valence-electron chi connectivity index (χ0n) is 13.3. The van der Waals surface area contributed by atoms with Gasteiger partial charge in [-0.2, -0.15) is 4.98 Å². The van der Waals surface area contributed by atoms with Crippen LogP contribution in [0.15, 0.2) is 35.4 Å². The third-order valence-corrected chi connectivity index (χ3v) is 3.19. The normalized spacial score (nSPS) is 10.8. The summed E-state index contributed by atoms with van der Waals surface area (Å²) in [6.07, 6.45) is 4.76. The number of aromatic nitrogens is 5. The van der Waals surface area contributed by atoms with E-state index in [2.05, 4.69) is 25.4 Å². The van der Waals surface area contributed by atoms with Crippen molar-refractivity contribution < 1.29 is 14.1 Å². The second-order valence-corrected chi connectivity index (χ2v) is 4.96. The van der Waals surface area contributed by atoms with E-state index >= 15 is 0 Å². The number of aryl methyl sites for hydroxylation is 1. The van der Waals surface area contributed by atoms with Crippen molar-refractivity contribution in [2.45, 2.75) is 6.92 Å². The Bertz CT molecular complexity index is 841. The van der Waals surface area contributed by atoms with Crippen molar-refractivity contribution in [3.63, 3.8) is 0 Å². The predicted molar refractivity (Wildman–Crippen MR) is 83.6 cm³/mol. The van der Waals surface area contributed by atoms with Crippen molar-refractivity contribution in [3.8, 4) is 17.3 Å². The second kappa shape index (κ2) is 7.01. The van der Waals surface area contributed by atoms with Gasteiger partial charge in [0.05, 0.1) is 6.61 Å². The molecule has 0 aliphatic carbocycles. The van der Waals surface area contributed by atoms with Crippen LogP contribution >= 0.6 is 0 Å². The van der Waals surface area contributed by atoms with Crippen LogP contribution in [-0.4, -0.2) is 50.8 Å². The van der Waals surface area contributed by atoms with E-state index in [1.807, 2.05) is 0 Å². The number of ether oxygens (including phenoxy) is 1. The predicted octanol–water partition coefficient (Wildman–Crippen LogP) is 1.00. The molecule has 0 saturated carbocycles. The van der Waals surface area contributed by atoms with Crippen LogP contribution in [0, 0.1) is 6.92 Å². The summed E-state index contributed by atoms with van der Waals surface area (Å²) in [7, 11) is 1.57. The van der Waals surface area contributed by atoms with E-state index in [0.717, 1.165) is 5.56 Å². The lowest BCUT2D eigenvalue weighted by molar-refractivity contribution is 0.0932. The first kappa shape index (κ1) is 15.8. The number of rotatable bonds is 6. The lowest BCUT2D eigenvalue weighted by atomic mass is 10.2. The third-order valence-electron chi connectivity index (χ3n) is 3.19. The SMILES string of the molecule is COCCNC(=O)c1cn(-c2cc(-c3nc(C)no3)ccn2)cn1. The first-order chi connectivity index (χ1) is 11.7. The van der Waals surface area contributed by atoms with Crippen LogP contribution in [0.25, 0.3) is 17.3 Å². The number of imidazole rings is 1. The van der Waals surface area contributed by atoms with Crippen molar-refractivity contribution in [2.75, 3.05) is 20.3 Å². The summed E-state index contributed by atoms with van der Waals surface area (Å²) in [5.74, 6) is 1.29. The number of methoxy groups -OCH3 is 1. The highest BCUT2D eigenvalue weighted by Gasteiger charge is 2.12. The average Bonchev–Trinajstić information content (AvgIpc) is 3.24. The number of nitrogens with one attached hydrogen (secondary N) is 1. The topological polar surface area (TPSA) is 108 Å². The van der Waals surface area contributed by atoms with Crippen LogP contribution in [0.5, 0.6) is 0 Å². The molecule has 124 valence electrons. The van der Waals surface area contributed by atoms with Crippen LogP contribution in [0.1, 0.15) is 16.3 Å². The maximum Gasteiger partial charge on any atom is 0.271 e. The van der Waals surface area contributed by atoms with E-state index in [9.17, 15) is 4.79 Å². The molecule has 0 saturated heterocycles. The van der Waals surface area contributed by atoms with Crippen molar-refractivity contribution in [1.29, 1.82) is 0 Å². The summed E-state index contributed by atoms with van der Waals surface area (Å²) < 4.78 is 11.7. The molecule has 3 rings (SSSR count).